The van der Waals surface area contributed by atoms with E-state index in [1.54, 1.807) is 6.07 Å². The fourth-order valence-corrected chi connectivity index (χ4v) is 4.47. The summed E-state index contributed by atoms with van der Waals surface area (Å²) in [5.41, 5.74) is 13.0. The number of nitrogens with two attached hydrogens (primary N) is 2. The second kappa shape index (κ2) is 6.99. The van der Waals surface area contributed by atoms with Crippen LogP contribution in [-0.2, 0) is 0 Å². The molecule has 1 aromatic carbocycles. The molecule has 2 fully saturated rings. The van der Waals surface area contributed by atoms with Crippen LogP contribution in [0.1, 0.15) is 32.1 Å². The first kappa shape index (κ1) is 18.0. The van der Waals surface area contributed by atoms with Crippen LogP contribution >= 0.6 is 0 Å². The Kier molecular flexibility index (Phi) is 4.67. The average Bonchev–Trinajstić information content (AvgIpc) is 2.64. The molecule has 27 heavy (non-hydrogen) atoms. The third kappa shape index (κ3) is 3.22. The molecule has 4 rings (SSSR count). The van der Waals surface area contributed by atoms with Gasteiger partial charge in [-0.1, -0.05) is 12.5 Å². The van der Waals surface area contributed by atoms with Gasteiger partial charge in [-0.25, -0.2) is 9.38 Å². The van der Waals surface area contributed by atoms with E-state index >= 15 is 4.39 Å². The highest BCUT2D eigenvalue weighted by molar-refractivity contribution is 6.07. The number of para-hydroxylation sites is 1. The largest absolute Gasteiger partial charge is 0.369 e. The van der Waals surface area contributed by atoms with Gasteiger partial charge in [-0.05, 0) is 44.9 Å². The van der Waals surface area contributed by atoms with Crippen LogP contribution in [0.3, 0.4) is 0 Å². The van der Waals surface area contributed by atoms with Crippen molar-refractivity contribution in [3.8, 4) is 0 Å². The number of aliphatic imine (C=N–C) groups is 2. The summed E-state index contributed by atoms with van der Waals surface area (Å²) in [6.07, 6.45) is 4.75. The Morgan fingerprint density at radius 3 is 2.44 bits per heavy atom. The van der Waals surface area contributed by atoms with E-state index in [0.29, 0.717) is 5.69 Å². The lowest BCUT2D eigenvalue weighted by Crippen LogP contribution is -2.59. The van der Waals surface area contributed by atoms with Gasteiger partial charge in [0.1, 0.15) is 17.2 Å². The maximum Gasteiger partial charge on any atom is 0.220 e. The number of nitrogens with zero attached hydrogens (tertiary/aromatic N) is 5. The SMILES string of the molecule is CN1CCN(c2cccc(F)c2N2C(N)=NC(N)=NC23CCCCC3)CC1. The van der Waals surface area contributed by atoms with Crippen molar-refractivity contribution in [2.75, 3.05) is 43.0 Å². The van der Waals surface area contributed by atoms with Gasteiger partial charge in [0.15, 0.2) is 0 Å². The third-order valence-electron chi connectivity index (χ3n) is 5.88. The zero-order valence-electron chi connectivity index (χ0n) is 15.9. The number of piperazine rings is 1. The Morgan fingerprint density at radius 1 is 1.04 bits per heavy atom. The molecule has 0 radical (unpaired) electrons. The molecule has 8 heteroatoms. The summed E-state index contributed by atoms with van der Waals surface area (Å²) in [6.45, 7) is 3.57. The van der Waals surface area contributed by atoms with Crippen molar-refractivity contribution in [3.63, 3.8) is 0 Å². The first-order chi connectivity index (χ1) is 13.0. The van der Waals surface area contributed by atoms with Crippen LogP contribution in [-0.4, -0.2) is 55.7 Å². The van der Waals surface area contributed by atoms with Crippen LogP contribution in [0.2, 0.25) is 0 Å². The maximum atomic E-state index is 15.2. The molecule has 0 unspecified atom stereocenters. The molecule has 1 saturated carbocycles. The summed E-state index contributed by atoms with van der Waals surface area (Å²) in [4.78, 5) is 15.2. The van der Waals surface area contributed by atoms with Crippen LogP contribution in [0, 0.1) is 5.82 Å². The van der Waals surface area contributed by atoms with Crippen LogP contribution in [0.5, 0.6) is 0 Å². The summed E-state index contributed by atoms with van der Waals surface area (Å²) in [5, 5.41) is 0. The van der Waals surface area contributed by atoms with E-state index in [9.17, 15) is 0 Å². The Labute approximate surface area is 159 Å². The lowest BCUT2D eigenvalue weighted by molar-refractivity contribution is 0.302. The fraction of sp³-hybridized carbons (Fsp3) is 0.579. The molecule has 3 aliphatic rings. The lowest BCUT2D eigenvalue weighted by atomic mass is 9.87. The van der Waals surface area contributed by atoms with Crippen molar-refractivity contribution in [3.05, 3.63) is 24.0 Å². The van der Waals surface area contributed by atoms with E-state index in [2.05, 4.69) is 26.8 Å². The van der Waals surface area contributed by atoms with Gasteiger partial charge in [0.05, 0.1) is 5.69 Å². The van der Waals surface area contributed by atoms with E-state index in [1.807, 2.05) is 11.0 Å². The minimum absolute atomic E-state index is 0.183. The number of halogens is 1. The number of likely N-dealkylation sites (N-methyl/N-ethyl adjacent to an activating group) is 1. The van der Waals surface area contributed by atoms with Crippen LogP contribution < -0.4 is 21.3 Å². The smallest absolute Gasteiger partial charge is 0.220 e. The van der Waals surface area contributed by atoms with Crippen molar-refractivity contribution in [2.45, 2.75) is 37.8 Å². The second-order valence-corrected chi connectivity index (χ2v) is 7.72. The number of hydrogen-bond donors (Lipinski definition) is 2. The molecule has 0 atom stereocenters. The van der Waals surface area contributed by atoms with E-state index < -0.39 is 5.66 Å². The van der Waals surface area contributed by atoms with Gasteiger partial charge in [-0.15, -0.1) is 0 Å². The van der Waals surface area contributed by atoms with Gasteiger partial charge in [0, 0.05) is 26.2 Å². The standard InChI is InChI=1S/C19H28FN7/c1-25-10-12-26(13-11-25)15-7-5-6-14(20)16(15)27-18(22)23-17(21)24-19(27)8-3-2-4-9-19/h5-7H,2-4,8-13H2,1H3,(H4,21,22,23,24). The van der Waals surface area contributed by atoms with Crippen molar-refractivity contribution < 1.29 is 4.39 Å². The van der Waals surface area contributed by atoms with E-state index in [-0.39, 0.29) is 17.7 Å². The number of rotatable bonds is 2. The number of anilines is 2. The molecule has 1 saturated heterocycles. The molecule has 1 spiro atoms. The van der Waals surface area contributed by atoms with Crippen molar-refractivity contribution in [1.29, 1.82) is 0 Å². The summed E-state index contributed by atoms with van der Waals surface area (Å²) in [5.74, 6) is 0.109. The zero-order chi connectivity index (χ0) is 19.0. The Balaban J connectivity index is 1.80. The van der Waals surface area contributed by atoms with Gasteiger partial charge < -0.3 is 21.3 Å². The molecule has 1 aromatic rings. The molecule has 7 nitrogen and oxygen atoms in total. The van der Waals surface area contributed by atoms with Crippen LogP contribution in [0.4, 0.5) is 15.8 Å². The lowest BCUT2D eigenvalue weighted by Gasteiger charge is -2.47. The second-order valence-electron chi connectivity index (χ2n) is 7.72. The van der Waals surface area contributed by atoms with Gasteiger partial charge in [0.2, 0.25) is 11.9 Å². The summed E-state index contributed by atoms with van der Waals surface area (Å²) >= 11 is 0. The van der Waals surface area contributed by atoms with E-state index in [0.717, 1.165) is 64.0 Å². The summed E-state index contributed by atoms with van der Waals surface area (Å²) in [6, 6.07) is 5.21. The number of hydrogen-bond acceptors (Lipinski definition) is 7. The number of guanidine groups is 2. The molecule has 146 valence electrons. The number of benzene rings is 1. The van der Waals surface area contributed by atoms with Crippen molar-refractivity contribution in [1.82, 2.24) is 4.90 Å². The van der Waals surface area contributed by atoms with E-state index in [4.69, 9.17) is 11.5 Å². The summed E-state index contributed by atoms with van der Waals surface area (Å²) in [7, 11) is 2.10. The Hall–Kier alpha value is -2.35. The molecular formula is C19H28FN7. The quantitative estimate of drug-likeness (QED) is 0.824. The van der Waals surface area contributed by atoms with Crippen LogP contribution in [0.25, 0.3) is 0 Å². The molecule has 4 N–H and O–H groups in total. The van der Waals surface area contributed by atoms with E-state index in [1.165, 1.54) is 6.07 Å². The molecular weight excluding hydrogens is 345 g/mol. The minimum Gasteiger partial charge on any atom is -0.369 e. The predicted octanol–water partition coefficient (Wildman–Crippen LogP) is 1.69. The molecule has 2 heterocycles. The van der Waals surface area contributed by atoms with Gasteiger partial charge in [-0.3, -0.25) is 4.90 Å². The third-order valence-corrected chi connectivity index (χ3v) is 5.88. The average molecular weight is 373 g/mol. The molecule has 0 aromatic heterocycles. The van der Waals surface area contributed by atoms with Gasteiger partial charge in [-0.2, -0.15) is 4.99 Å². The first-order valence-electron chi connectivity index (χ1n) is 9.72. The predicted molar refractivity (Wildman–Crippen MR) is 108 cm³/mol. The monoisotopic (exact) mass is 373 g/mol. The Bertz CT molecular complexity index is 761. The highest BCUT2D eigenvalue weighted by Crippen LogP contribution is 2.44. The normalized spacial score (nSPS) is 23.3. The van der Waals surface area contributed by atoms with Gasteiger partial charge in [0.25, 0.3) is 0 Å². The van der Waals surface area contributed by atoms with Crippen LogP contribution in [0.15, 0.2) is 28.2 Å². The topological polar surface area (TPSA) is 86.5 Å². The highest BCUT2D eigenvalue weighted by atomic mass is 19.1. The fourth-order valence-electron chi connectivity index (χ4n) is 4.47. The first-order valence-corrected chi connectivity index (χ1v) is 9.72. The maximum absolute atomic E-state index is 15.2. The minimum atomic E-state index is -0.641. The van der Waals surface area contributed by atoms with Crippen molar-refractivity contribution >= 4 is 23.3 Å². The van der Waals surface area contributed by atoms with Gasteiger partial charge >= 0.3 is 0 Å². The Morgan fingerprint density at radius 2 is 1.74 bits per heavy atom. The molecule has 2 aliphatic heterocycles. The zero-order valence-corrected chi connectivity index (χ0v) is 15.9. The highest BCUT2D eigenvalue weighted by Gasteiger charge is 2.44. The summed E-state index contributed by atoms with van der Waals surface area (Å²) < 4.78 is 15.2. The van der Waals surface area contributed by atoms with Crippen molar-refractivity contribution in [2.24, 2.45) is 21.5 Å². The molecule has 0 bridgehead atoms. The molecule has 0 amide bonds. The molecule has 1 aliphatic carbocycles.